The van der Waals surface area contributed by atoms with Gasteiger partial charge in [-0.25, -0.2) is 0 Å². The first kappa shape index (κ1) is 11.5. The number of fused-ring (bicyclic) bond motifs is 4. The fraction of sp³-hybridized carbons (Fsp3) is 0.500. The minimum absolute atomic E-state index is 0.663. The molecule has 100 valence electrons. The molecule has 0 spiro atoms. The Balaban J connectivity index is 1.47. The number of rotatable bonds is 3. The molecule has 1 aromatic carbocycles. The van der Waals surface area contributed by atoms with Gasteiger partial charge in [0, 0.05) is 30.1 Å². The number of nitrogens with one attached hydrogen (secondary N) is 1. The molecule has 3 nitrogen and oxygen atoms in total. The number of nitrogens with zero attached hydrogens (tertiary/aromatic N) is 1. The second-order valence-electron chi connectivity index (χ2n) is 5.88. The van der Waals surface area contributed by atoms with E-state index in [0.717, 1.165) is 18.0 Å². The summed E-state index contributed by atoms with van der Waals surface area (Å²) in [6.07, 6.45) is 4.63. The van der Waals surface area contributed by atoms with Gasteiger partial charge in [0.25, 0.3) is 0 Å². The van der Waals surface area contributed by atoms with Gasteiger partial charge in [-0.05, 0) is 37.9 Å². The van der Waals surface area contributed by atoms with Crippen LogP contribution in [0.5, 0.6) is 0 Å². The van der Waals surface area contributed by atoms with Crippen molar-refractivity contribution >= 4 is 11.0 Å². The summed E-state index contributed by atoms with van der Waals surface area (Å²) in [4.78, 5) is 2.59. The lowest BCUT2D eigenvalue weighted by Crippen LogP contribution is -2.55. The average molecular weight is 256 g/mol. The third kappa shape index (κ3) is 2.07. The van der Waals surface area contributed by atoms with Crippen molar-refractivity contribution in [2.75, 3.05) is 19.6 Å². The summed E-state index contributed by atoms with van der Waals surface area (Å²) in [5.41, 5.74) is 2.28. The Bertz CT molecular complexity index is 569. The Labute approximate surface area is 113 Å². The molecule has 0 aliphatic carbocycles. The molecule has 5 rings (SSSR count). The van der Waals surface area contributed by atoms with Gasteiger partial charge in [0.1, 0.15) is 5.58 Å². The highest BCUT2D eigenvalue weighted by Gasteiger charge is 2.33. The molecule has 3 aliphatic rings. The van der Waals surface area contributed by atoms with Crippen LogP contribution in [-0.4, -0.2) is 30.6 Å². The maximum atomic E-state index is 5.60. The van der Waals surface area contributed by atoms with E-state index < -0.39 is 0 Å². The second kappa shape index (κ2) is 4.66. The maximum Gasteiger partial charge on any atom is 0.134 e. The quantitative estimate of drug-likeness (QED) is 0.915. The molecular formula is C16H20N2O. The highest BCUT2D eigenvalue weighted by Crippen LogP contribution is 2.28. The van der Waals surface area contributed by atoms with Crippen molar-refractivity contribution < 1.29 is 4.42 Å². The van der Waals surface area contributed by atoms with Gasteiger partial charge >= 0.3 is 0 Å². The minimum atomic E-state index is 0.663. The Hall–Kier alpha value is -1.32. The van der Waals surface area contributed by atoms with Crippen molar-refractivity contribution in [3.8, 4) is 0 Å². The Morgan fingerprint density at radius 3 is 2.84 bits per heavy atom. The van der Waals surface area contributed by atoms with E-state index in [1.165, 1.54) is 43.4 Å². The van der Waals surface area contributed by atoms with E-state index in [-0.39, 0.29) is 0 Å². The van der Waals surface area contributed by atoms with E-state index >= 15 is 0 Å². The fourth-order valence-electron chi connectivity index (χ4n) is 3.61. The van der Waals surface area contributed by atoms with Crippen molar-refractivity contribution in [1.29, 1.82) is 0 Å². The van der Waals surface area contributed by atoms with Crippen molar-refractivity contribution in [3.05, 3.63) is 36.1 Å². The topological polar surface area (TPSA) is 28.4 Å². The molecule has 0 amide bonds. The molecule has 0 radical (unpaired) electrons. The molecule has 3 fully saturated rings. The van der Waals surface area contributed by atoms with Gasteiger partial charge < -0.3 is 14.6 Å². The minimum Gasteiger partial charge on any atom is -0.464 e. The van der Waals surface area contributed by atoms with Gasteiger partial charge in [0.15, 0.2) is 0 Å². The first-order valence-corrected chi connectivity index (χ1v) is 7.31. The van der Waals surface area contributed by atoms with E-state index in [1.807, 2.05) is 18.4 Å². The summed E-state index contributed by atoms with van der Waals surface area (Å²) in [6, 6.07) is 8.95. The van der Waals surface area contributed by atoms with Crippen molar-refractivity contribution in [2.45, 2.75) is 25.4 Å². The number of piperidine rings is 3. The van der Waals surface area contributed by atoms with E-state index in [2.05, 4.69) is 22.3 Å². The molecule has 2 bridgehead atoms. The van der Waals surface area contributed by atoms with Gasteiger partial charge in [0.2, 0.25) is 0 Å². The summed E-state index contributed by atoms with van der Waals surface area (Å²) < 4.78 is 5.60. The standard InChI is InChI=1S/C16H20N2O/c1-2-4-16-14(3-1)13(11-19-16)9-17-15-10-18-7-5-12(15)6-8-18/h1-4,11-12,15,17H,5-10H2. The van der Waals surface area contributed by atoms with Gasteiger partial charge in [-0.1, -0.05) is 18.2 Å². The molecule has 2 aromatic rings. The van der Waals surface area contributed by atoms with Crippen LogP contribution in [0.25, 0.3) is 11.0 Å². The Morgan fingerprint density at radius 2 is 2.05 bits per heavy atom. The molecule has 1 aromatic heterocycles. The number of benzene rings is 1. The van der Waals surface area contributed by atoms with Gasteiger partial charge in [-0.2, -0.15) is 0 Å². The number of para-hydroxylation sites is 1. The molecule has 3 heteroatoms. The summed E-state index contributed by atoms with van der Waals surface area (Å²) in [7, 11) is 0. The highest BCUT2D eigenvalue weighted by molar-refractivity contribution is 5.80. The first-order valence-electron chi connectivity index (χ1n) is 7.31. The lowest BCUT2D eigenvalue weighted by atomic mass is 9.84. The van der Waals surface area contributed by atoms with Crippen LogP contribution in [-0.2, 0) is 6.54 Å². The molecule has 3 saturated heterocycles. The molecule has 4 heterocycles. The third-order valence-electron chi connectivity index (χ3n) is 4.77. The zero-order valence-electron chi connectivity index (χ0n) is 11.1. The maximum absolute atomic E-state index is 5.60. The number of hydrogen-bond acceptors (Lipinski definition) is 3. The molecule has 1 atom stereocenters. The van der Waals surface area contributed by atoms with Crippen LogP contribution in [0.1, 0.15) is 18.4 Å². The van der Waals surface area contributed by atoms with Crippen LogP contribution in [0.2, 0.25) is 0 Å². The highest BCUT2D eigenvalue weighted by atomic mass is 16.3. The lowest BCUT2D eigenvalue weighted by molar-refractivity contribution is 0.0720. The zero-order valence-corrected chi connectivity index (χ0v) is 11.1. The van der Waals surface area contributed by atoms with Crippen LogP contribution < -0.4 is 5.32 Å². The number of hydrogen-bond donors (Lipinski definition) is 1. The van der Waals surface area contributed by atoms with E-state index in [4.69, 9.17) is 4.42 Å². The van der Waals surface area contributed by atoms with E-state index in [0.29, 0.717) is 6.04 Å². The largest absolute Gasteiger partial charge is 0.464 e. The van der Waals surface area contributed by atoms with Gasteiger partial charge in [0.05, 0.1) is 6.26 Å². The van der Waals surface area contributed by atoms with Crippen molar-refractivity contribution in [1.82, 2.24) is 10.2 Å². The molecule has 3 aliphatic heterocycles. The summed E-state index contributed by atoms with van der Waals surface area (Å²) in [5, 5.41) is 4.99. The van der Waals surface area contributed by atoms with Crippen LogP contribution in [0.3, 0.4) is 0 Å². The predicted octanol–water partition coefficient (Wildman–Crippen LogP) is 2.62. The van der Waals surface area contributed by atoms with Crippen LogP contribution in [0.4, 0.5) is 0 Å². The monoisotopic (exact) mass is 256 g/mol. The van der Waals surface area contributed by atoms with Crippen molar-refractivity contribution in [2.24, 2.45) is 5.92 Å². The van der Waals surface area contributed by atoms with E-state index in [1.54, 1.807) is 0 Å². The van der Waals surface area contributed by atoms with Crippen LogP contribution >= 0.6 is 0 Å². The van der Waals surface area contributed by atoms with E-state index in [9.17, 15) is 0 Å². The normalized spacial score (nSPS) is 30.0. The predicted molar refractivity (Wildman–Crippen MR) is 76.0 cm³/mol. The Kier molecular flexibility index (Phi) is 2.82. The SMILES string of the molecule is c1ccc2c(CNC3CN4CCC3CC4)coc2c1. The summed E-state index contributed by atoms with van der Waals surface area (Å²) in [6.45, 7) is 4.75. The van der Waals surface area contributed by atoms with Crippen LogP contribution in [0.15, 0.2) is 34.9 Å². The van der Waals surface area contributed by atoms with Crippen LogP contribution in [0, 0.1) is 5.92 Å². The molecular weight excluding hydrogens is 236 g/mol. The van der Waals surface area contributed by atoms with Crippen molar-refractivity contribution in [3.63, 3.8) is 0 Å². The fourth-order valence-corrected chi connectivity index (χ4v) is 3.61. The van der Waals surface area contributed by atoms with Gasteiger partial charge in [-0.15, -0.1) is 0 Å². The average Bonchev–Trinajstić information content (AvgIpc) is 2.90. The van der Waals surface area contributed by atoms with Gasteiger partial charge in [-0.3, -0.25) is 0 Å². The lowest BCUT2D eigenvalue weighted by Gasteiger charge is -2.45. The zero-order chi connectivity index (χ0) is 12.7. The third-order valence-corrected chi connectivity index (χ3v) is 4.77. The molecule has 0 saturated carbocycles. The molecule has 19 heavy (non-hydrogen) atoms. The summed E-state index contributed by atoms with van der Waals surface area (Å²) >= 11 is 0. The first-order chi connectivity index (χ1) is 9.40. The smallest absolute Gasteiger partial charge is 0.134 e. The molecule has 1 unspecified atom stereocenters. The second-order valence-corrected chi connectivity index (χ2v) is 5.88. The summed E-state index contributed by atoms with van der Waals surface area (Å²) in [5.74, 6) is 0.878. The Morgan fingerprint density at radius 1 is 1.21 bits per heavy atom. The number of furan rings is 1. The molecule has 1 N–H and O–H groups in total.